The number of likely N-dealkylation sites (N-methyl/N-ethyl adjacent to an activating group) is 1. The Morgan fingerprint density at radius 3 is 2.52 bits per heavy atom. The van der Waals surface area contributed by atoms with Gasteiger partial charge in [-0.2, -0.15) is 13.2 Å². The molecule has 3 heterocycles. The maximum absolute atomic E-state index is 13.7. The van der Waals surface area contributed by atoms with Crippen molar-refractivity contribution in [3.8, 4) is 10.8 Å². The van der Waals surface area contributed by atoms with E-state index in [-0.39, 0.29) is 11.4 Å². The van der Waals surface area contributed by atoms with Crippen molar-refractivity contribution in [2.24, 2.45) is 0 Å². The number of hydrogen-bond donors (Lipinski definition) is 1. The smallest absolute Gasteiger partial charge is 0.369 e. The molecule has 0 saturated carbocycles. The highest BCUT2D eigenvalue weighted by Gasteiger charge is 2.35. The highest BCUT2D eigenvalue weighted by molar-refractivity contribution is 7.13. The third-order valence-corrected chi connectivity index (χ3v) is 5.76. The molecule has 7 nitrogen and oxygen atoms in total. The molecular formula is C20H19F3N6OS. The van der Waals surface area contributed by atoms with Crippen molar-refractivity contribution in [3.05, 3.63) is 53.3 Å². The maximum Gasteiger partial charge on any atom is 0.418 e. The zero-order valence-corrected chi connectivity index (χ0v) is 17.4. The maximum atomic E-state index is 13.7. The van der Waals surface area contributed by atoms with Crippen LogP contribution in [0.25, 0.3) is 10.8 Å². The first-order valence-corrected chi connectivity index (χ1v) is 10.4. The fraction of sp³-hybridized carbons (Fsp3) is 0.300. The van der Waals surface area contributed by atoms with Gasteiger partial charge in [-0.1, -0.05) is 0 Å². The van der Waals surface area contributed by atoms with Crippen LogP contribution in [0, 0.1) is 0 Å². The monoisotopic (exact) mass is 448 g/mol. The Hall–Kier alpha value is -3.05. The van der Waals surface area contributed by atoms with Crippen LogP contribution in [-0.2, 0) is 6.18 Å². The molecule has 2 aromatic heterocycles. The van der Waals surface area contributed by atoms with Crippen LogP contribution < -0.4 is 10.2 Å². The molecule has 1 amide bonds. The first-order valence-electron chi connectivity index (χ1n) is 9.50. The second kappa shape index (κ2) is 8.60. The summed E-state index contributed by atoms with van der Waals surface area (Å²) in [6.45, 7) is 2.83. The number of halogens is 3. The van der Waals surface area contributed by atoms with E-state index in [1.165, 1.54) is 11.4 Å². The molecule has 4 rings (SSSR count). The van der Waals surface area contributed by atoms with Gasteiger partial charge in [0, 0.05) is 49.6 Å². The molecule has 1 saturated heterocycles. The molecule has 1 aliphatic rings. The topological polar surface area (TPSA) is 74.2 Å². The number of alkyl halides is 3. The van der Waals surface area contributed by atoms with Gasteiger partial charge >= 0.3 is 6.18 Å². The van der Waals surface area contributed by atoms with Gasteiger partial charge in [0.1, 0.15) is 5.69 Å². The van der Waals surface area contributed by atoms with E-state index in [1.54, 1.807) is 24.5 Å². The minimum atomic E-state index is -4.61. The molecule has 0 aliphatic carbocycles. The zero-order chi connectivity index (χ0) is 22.0. The number of rotatable bonds is 4. The number of carbonyl (C=O) groups is 1. The number of thiazole rings is 1. The number of anilines is 2. The van der Waals surface area contributed by atoms with Gasteiger partial charge in [-0.05, 0) is 31.3 Å². The highest BCUT2D eigenvalue weighted by Crippen LogP contribution is 2.38. The highest BCUT2D eigenvalue weighted by atomic mass is 32.1. The first kappa shape index (κ1) is 21.2. The van der Waals surface area contributed by atoms with Crippen molar-refractivity contribution in [1.82, 2.24) is 19.9 Å². The zero-order valence-electron chi connectivity index (χ0n) is 16.6. The molecule has 0 radical (unpaired) electrons. The molecule has 1 aromatic carbocycles. The molecular weight excluding hydrogens is 429 g/mol. The predicted octanol–water partition coefficient (Wildman–Crippen LogP) is 3.62. The Labute approximate surface area is 180 Å². The molecule has 1 N–H and O–H groups in total. The molecule has 0 spiro atoms. The van der Waals surface area contributed by atoms with Gasteiger partial charge in [0.15, 0.2) is 10.8 Å². The van der Waals surface area contributed by atoms with Crippen molar-refractivity contribution in [1.29, 1.82) is 0 Å². The van der Waals surface area contributed by atoms with Gasteiger partial charge in [-0.15, -0.1) is 11.3 Å². The quantitative estimate of drug-likeness (QED) is 0.657. The lowest BCUT2D eigenvalue weighted by atomic mass is 10.1. The third kappa shape index (κ3) is 4.83. The summed E-state index contributed by atoms with van der Waals surface area (Å²) in [5, 5.41) is 4.23. The van der Waals surface area contributed by atoms with E-state index in [0.29, 0.717) is 29.6 Å². The number of carbonyl (C=O) groups excluding carboxylic acids is 1. The third-order valence-electron chi connectivity index (χ3n) is 4.92. The number of nitrogens with zero attached hydrogens (tertiary/aromatic N) is 5. The number of hydrogen-bond acceptors (Lipinski definition) is 7. The molecule has 1 aliphatic heterocycles. The van der Waals surface area contributed by atoms with Crippen LogP contribution in [0.4, 0.5) is 24.5 Å². The predicted molar refractivity (Wildman–Crippen MR) is 112 cm³/mol. The number of nitrogens with one attached hydrogen (secondary N) is 1. The van der Waals surface area contributed by atoms with E-state index >= 15 is 0 Å². The summed E-state index contributed by atoms with van der Waals surface area (Å²) in [6, 6.07) is 5.63. The van der Waals surface area contributed by atoms with Crippen LogP contribution in [0.1, 0.15) is 16.1 Å². The summed E-state index contributed by atoms with van der Waals surface area (Å²) < 4.78 is 41.2. The standard InChI is InChI=1S/C20H19F3N6OS/c1-28-7-9-29(10-8-28)13-3-4-15(14(11-13)20(21,22)23)26-18(30)16-12-31-19(27-16)17-24-5-2-6-25-17/h2-6,11-12H,7-10H2,1H3,(H,26,30). The van der Waals surface area contributed by atoms with Crippen LogP contribution in [0.2, 0.25) is 0 Å². The van der Waals surface area contributed by atoms with Gasteiger partial charge in [-0.3, -0.25) is 4.79 Å². The SMILES string of the molecule is CN1CCN(c2ccc(NC(=O)c3csc(-c4ncccn4)n3)c(C(F)(F)F)c2)CC1. The van der Waals surface area contributed by atoms with Crippen LogP contribution >= 0.6 is 11.3 Å². The summed E-state index contributed by atoms with van der Waals surface area (Å²) in [5.41, 5.74) is -0.709. The van der Waals surface area contributed by atoms with Crippen LogP contribution in [-0.4, -0.2) is 59.0 Å². The molecule has 3 aromatic rings. The minimum absolute atomic E-state index is 0.00345. The fourth-order valence-electron chi connectivity index (χ4n) is 3.21. The van der Waals surface area contributed by atoms with Gasteiger partial charge in [0.05, 0.1) is 11.3 Å². The Morgan fingerprint density at radius 2 is 1.84 bits per heavy atom. The fourth-order valence-corrected chi connectivity index (χ4v) is 3.96. The Bertz CT molecular complexity index is 1060. The molecule has 0 bridgehead atoms. The lowest BCUT2D eigenvalue weighted by molar-refractivity contribution is -0.136. The van der Waals surface area contributed by atoms with E-state index in [2.05, 4.69) is 25.2 Å². The summed E-state index contributed by atoms with van der Waals surface area (Å²) >= 11 is 1.14. The lowest BCUT2D eigenvalue weighted by Crippen LogP contribution is -2.44. The van der Waals surface area contributed by atoms with Crippen molar-refractivity contribution >= 4 is 28.6 Å². The summed E-state index contributed by atoms with van der Waals surface area (Å²) in [7, 11) is 1.98. The van der Waals surface area contributed by atoms with Gasteiger partial charge < -0.3 is 15.1 Å². The summed E-state index contributed by atoms with van der Waals surface area (Å²) in [4.78, 5) is 28.9. The van der Waals surface area contributed by atoms with Gasteiger partial charge in [-0.25, -0.2) is 15.0 Å². The number of amides is 1. The van der Waals surface area contributed by atoms with Gasteiger partial charge in [0.2, 0.25) is 0 Å². The Balaban J connectivity index is 1.56. The van der Waals surface area contributed by atoms with Crippen molar-refractivity contribution in [2.75, 3.05) is 43.4 Å². The molecule has 0 atom stereocenters. The second-order valence-corrected chi connectivity index (χ2v) is 7.94. The lowest BCUT2D eigenvalue weighted by Gasteiger charge is -2.34. The number of piperazine rings is 1. The minimum Gasteiger partial charge on any atom is -0.369 e. The average molecular weight is 448 g/mol. The molecule has 0 unspecified atom stereocenters. The van der Waals surface area contributed by atoms with Crippen molar-refractivity contribution in [2.45, 2.75) is 6.18 Å². The first-order chi connectivity index (χ1) is 14.8. The summed E-state index contributed by atoms with van der Waals surface area (Å²) in [6.07, 6.45) is -1.53. The van der Waals surface area contributed by atoms with Crippen molar-refractivity contribution < 1.29 is 18.0 Å². The Kier molecular flexibility index (Phi) is 5.88. The molecule has 1 fully saturated rings. The average Bonchev–Trinajstić information content (AvgIpc) is 3.25. The molecule has 162 valence electrons. The van der Waals surface area contributed by atoms with Crippen LogP contribution in [0.5, 0.6) is 0 Å². The van der Waals surface area contributed by atoms with E-state index < -0.39 is 17.6 Å². The second-order valence-electron chi connectivity index (χ2n) is 7.08. The van der Waals surface area contributed by atoms with Crippen molar-refractivity contribution in [3.63, 3.8) is 0 Å². The van der Waals surface area contributed by atoms with Gasteiger partial charge in [0.25, 0.3) is 5.91 Å². The number of benzene rings is 1. The van der Waals surface area contributed by atoms with E-state index in [1.807, 2.05) is 11.9 Å². The van der Waals surface area contributed by atoms with Crippen LogP contribution in [0.15, 0.2) is 42.0 Å². The van der Waals surface area contributed by atoms with E-state index in [4.69, 9.17) is 0 Å². The molecule has 11 heteroatoms. The van der Waals surface area contributed by atoms with E-state index in [9.17, 15) is 18.0 Å². The summed E-state index contributed by atoms with van der Waals surface area (Å²) in [5.74, 6) is -0.379. The number of aromatic nitrogens is 3. The van der Waals surface area contributed by atoms with E-state index in [0.717, 1.165) is 30.5 Å². The Morgan fingerprint density at radius 1 is 1.13 bits per heavy atom. The largest absolute Gasteiger partial charge is 0.418 e. The molecule has 31 heavy (non-hydrogen) atoms. The normalized spacial score (nSPS) is 15.2. The van der Waals surface area contributed by atoms with Crippen LogP contribution in [0.3, 0.4) is 0 Å².